The van der Waals surface area contributed by atoms with Gasteiger partial charge in [-0.3, -0.25) is 4.79 Å². The lowest BCUT2D eigenvalue weighted by Gasteiger charge is -2.60. The summed E-state index contributed by atoms with van der Waals surface area (Å²) in [6.45, 7) is 10.1. The van der Waals surface area contributed by atoms with Gasteiger partial charge in [0, 0.05) is 24.7 Å². The number of halogens is 3. The van der Waals surface area contributed by atoms with E-state index in [9.17, 15) is 9.59 Å². The van der Waals surface area contributed by atoms with Crippen LogP contribution in [0.1, 0.15) is 85.5 Å². The third-order valence-corrected chi connectivity index (χ3v) is 12.5. The van der Waals surface area contributed by atoms with Gasteiger partial charge in [0.1, 0.15) is 11.9 Å². The fourth-order valence-corrected chi connectivity index (χ4v) is 10.5. The van der Waals surface area contributed by atoms with E-state index in [1.165, 1.54) is 0 Å². The van der Waals surface area contributed by atoms with Crippen molar-refractivity contribution in [3.8, 4) is 0 Å². The number of carbonyl (C=O) groups is 2. The van der Waals surface area contributed by atoms with Crippen molar-refractivity contribution in [3.05, 3.63) is 0 Å². The molecule has 37 heavy (non-hydrogen) atoms. The molecule has 5 nitrogen and oxygen atoms in total. The summed E-state index contributed by atoms with van der Waals surface area (Å²) in [6, 6.07) is 0. The standard InChI is InChI=1S/C29H41Cl3O5/c1-15-7-10-28(35-14-15)16(2)23-22(37-28)12-20-19-6-5-17-11-18(36-25(34)29(30,31)32)8-9-26(17,3)24(19)21(33)13-27(20,23)4/h15-20,22-24H,5-14H2,1-4H3/t15-,16+,17-,18+,19+,20-,22-,23-,24+,26+,27+,28-/m1/s1. The molecule has 0 aromatic carbocycles. The Balaban J connectivity index is 1.20. The number of hydrogen-bond donors (Lipinski definition) is 0. The van der Waals surface area contributed by atoms with Crippen molar-refractivity contribution in [1.82, 2.24) is 0 Å². The van der Waals surface area contributed by atoms with E-state index in [1.807, 2.05) is 0 Å². The third-order valence-electron chi connectivity index (χ3n) is 12.1. The Hall–Kier alpha value is -0.0700. The van der Waals surface area contributed by atoms with Gasteiger partial charge < -0.3 is 14.2 Å². The highest BCUT2D eigenvalue weighted by Gasteiger charge is 2.70. The lowest BCUT2D eigenvalue weighted by molar-refractivity contribution is -0.272. The number of ether oxygens (including phenoxy) is 3. The fourth-order valence-electron chi connectivity index (χ4n) is 10.4. The SMILES string of the molecule is C[C@@H]1CC[C@@]2(OC1)O[C@@H]1C[C@@H]3[C@@H]4CC[C@@H]5C[C@@H](OC(=O)C(Cl)(Cl)Cl)CC[C@]5(C)[C@@H]4C(=O)C[C@]3(C)[C@@H]1[C@@H]2C. The van der Waals surface area contributed by atoms with Crippen LogP contribution in [0.2, 0.25) is 0 Å². The Morgan fingerprint density at radius 2 is 1.78 bits per heavy atom. The normalized spacial score (nSPS) is 53.3. The predicted molar refractivity (Wildman–Crippen MR) is 142 cm³/mol. The van der Waals surface area contributed by atoms with Crippen molar-refractivity contribution in [2.45, 2.75) is 107 Å². The van der Waals surface area contributed by atoms with Crippen LogP contribution in [0, 0.1) is 52.3 Å². The molecule has 0 aromatic rings. The number of fused-ring (bicyclic) bond motifs is 7. The van der Waals surface area contributed by atoms with Gasteiger partial charge >= 0.3 is 5.97 Å². The van der Waals surface area contributed by atoms with E-state index in [2.05, 4.69) is 27.7 Å². The highest BCUT2D eigenvalue weighted by atomic mass is 35.6. The number of Topliss-reactive ketones (excluding diaryl/α,β-unsaturated/α-hetero) is 1. The maximum atomic E-state index is 14.1. The molecular formula is C29H41Cl3O5. The molecule has 4 saturated carbocycles. The molecule has 4 aliphatic carbocycles. The Labute approximate surface area is 235 Å². The molecule has 6 fully saturated rings. The van der Waals surface area contributed by atoms with Crippen molar-refractivity contribution >= 4 is 46.6 Å². The van der Waals surface area contributed by atoms with Gasteiger partial charge in [0.05, 0.1) is 12.7 Å². The van der Waals surface area contributed by atoms with E-state index in [0.29, 0.717) is 54.1 Å². The Kier molecular flexibility index (Phi) is 6.57. The molecule has 208 valence electrons. The third kappa shape index (κ3) is 4.06. The van der Waals surface area contributed by atoms with Crippen LogP contribution in [0.4, 0.5) is 0 Å². The maximum Gasteiger partial charge on any atom is 0.358 e. The summed E-state index contributed by atoms with van der Waals surface area (Å²) in [5.41, 5.74) is -0.100. The molecule has 2 aliphatic heterocycles. The summed E-state index contributed by atoms with van der Waals surface area (Å²) in [6.07, 6.45) is 8.15. The van der Waals surface area contributed by atoms with E-state index in [0.717, 1.165) is 51.6 Å². The number of esters is 1. The monoisotopic (exact) mass is 574 g/mol. The van der Waals surface area contributed by atoms with Crippen LogP contribution in [-0.2, 0) is 23.8 Å². The van der Waals surface area contributed by atoms with Gasteiger partial charge in [-0.25, -0.2) is 4.79 Å². The Bertz CT molecular complexity index is 958. The van der Waals surface area contributed by atoms with Crippen molar-refractivity contribution < 1.29 is 23.8 Å². The lowest BCUT2D eigenvalue weighted by atomic mass is 9.44. The molecular weight excluding hydrogens is 535 g/mol. The van der Waals surface area contributed by atoms with Gasteiger partial charge in [-0.05, 0) is 85.4 Å². The minimum absolute atomic E-state index is 0.0292. The summed E-state index contributed by atoms with van der Waals surface area (Å²) in [5.74, 6) is 1.76. The molecule has 0 amide bonds. The first-order valence-corrected chi connectivity index (χ1v) is 15.5. The first-order valence-electron chi connectivity index (χ1n) is 14.4. The van der Waals surface area contributed by atoms with Crippen LogP contribution >= 0.6 is 34.8 Å². The summed E-state index contributed by atoms with van der Waals surface area (Å²) in [5, 5.41) is 0. The van der Waals surface area contributed by atoms with Gasteiger partial charge in [0.25, 0.3) is 3.79 Å². The quantitative estimate of drug-likeness (QED) is 0.252. The number of hydrogen-bond acceptors (Lipinski definition) is 5. The first-order chi connectivity index (χ1) is 17.3. The minimum atomic E-state index is -2.05. The molecule has 0 aromatic heterocycles. The highest BCUT2D eigenvalue weighted by molar-refractivity contribution is 6.75. The van der Waals surface area contributed by atoms with Gasteiger partial charge in [0.15, 0.2) is 5.79 Å². The highest BCUT2D eigenvalue weighted by Crippen LogP contribution is 2.70. The van der Waals surface area contributed by atoms with E-state index in [1.54, 1.807) is 0 Å². The zero-order valence-electron chi connectivity index (χ0n) is 22.4. The molecule has 8 heteroatoms. The molecule has 2 saturated heterocycles. The number of ketones is 1. The lowest BCUT2D eigenvalue weighted by Crippen LogP contribution is -2.58. The van der Waals surface area contributed by atoms with Gasteiger partial charge in [0.2, 0.25) is 0 Å². The van der Waals surface area contributed by atoms with E-state index < -0.39 is 15.5 Å². The fraction of sp³-hybridized carbons (Fsp3) is 0.931. The average molecular weight is 576 g/mol. The Morgan fingerprint density at radius 1 is 1.03 bits per heavy atom. The summed E-state index contributed by atoms with van der Waals surface area (Å²) in [4.78, 5) is 26.3. The summed E-state index contributed by atoms with van der Waals surface area (Å²) >= 11 is 17.2. The summed E-state index contributed by atoms with van der Waals surface area (Å²) in [7, 11) is 0. The zero-order chi connectivity index (χ0) is 26.5. The van der Waals surface area contributed by atoms with Crippen LogP contribution in [0.25, 0.3) is 0 Å². The van der Waals surface area contributed by atoms with Gasteiger partial charge in [-0.15, -0.1) is 0 Å². The van der Waals surface area contributed by atoms with Crippen LogP contribution < -0.4 is 0 Å². The molecule has 1 spiro atoms. The van der Waals surface area contributed by atoms with Crippen molar-refractivity contribution in [3.63, 3.8) is 0 Å². The molecule has 0 radical (unpaired) electrons. The van der Waals surface area contributed by atoms with Crippen LogP contribution in [0.3, 0.4) is 0 Å². The maximum absolute atomic E-state index is 14.1. The Morgan fingerprint density at radius 3 is 2.46 bits per heavy atom. The van der Waals surface area contributed by atoms with Crippen LogP contribution in [-0.4, -0.2) is 40.1 Å². The van der Waals surface area contributed by atoms with Gasteiger partial charge in [-0.2, -0.15) is 0 Å². The molecule has 0 bridgehead atoms. The van der Waals surface area contributed by atoms with E-state index in [-0.39, 0.29) is 29.0 Å². The van der Waals surface area contributed by atoms with E-state index in [4.69, 9.17) is 49.0 Å². The largest absolute Gasteiger partial charge is 0.459 e. The number of rotatable bonds is 1. The molecule has 6 rings (SSSR count). The zero-order valence-corrected chi connectivity index (χ0v) is 24.7. The molecule has 12 atom stereocenters. The molecule has 0 N–H and O–H groups in total. The molecule has 2 heterocycles. The van der Waals surface area contributed by atoms with Crippen LogP contribution in [0.15, 0.2) is 0 Å². The molecule has 6 aliphatic rings. The van der Waals surface area contributed by atoms with Gasteiger partial charge in [-0.1, -0.05) is 62.5 Å². The molecule has 0 unspecified atom stereocenters. The number of carbonyl (C=O) groups excluding carboxylic acids is 2. The second kappa shape index (κ2) is 8.96. The second-order valence-electron chi connectivity index (χ2n) is 13.9. The summed E-state index contributed by atoms with van der Waals surface area (Å²) < 4.78 is 16.8. The predicted octanol–water partition coefficient (Wildman–Crippen LogP) is 6.89. The smallest absolute Gasteiger partial charge is 0.358 e. The average Bonchev–Trinajstić information content (AvgIpc) is 3.25. The number of alkyl halides is 3. The topological polar surface area (TPSA) is 61.8 Å². The van der Waals surface area contributed by atoms with Crippen LogP contribution in [0.5, 0.6) is 0 Å². The van der Waals surface area contributed by atoms with Crippen molar-refractivity contribution in [2.75, 3.05) is 6.61 Å². The minimum Gasteiger partial charge on any atom is -0.459 e. The second-order valence-corrected chi connectivity index (χ2v) is 16.2. The first kappa shape index (κ1) is 27.1. The van der Waals surface area contributed by atoms with Crippen molar-refractivity contribution in [2.24, 2.45) is 52.3 Å². The van der Waals surface area contributed by atoms with E-state index >= 15 is 0 Å². The van der Waals surface area contributed by atoms with Crippen molar-refractivity contribution in [1.29, 1.82) is 0 Å².